The van der Waals surface area contributed by atoms with Crippen molar-refractivity contribution in [2.45, 2.75) is 32.7 Å². The number of carboxylic acids is 1. The van der Waals surface area contributed by atoms with Gasteiger partial charge in [-0.25, -0.2) is 4.39 Å². The zero-order chi connectivity index (χ0) is 14.6. The van der Waals surface area contributed by atoms with Gasteiger partial charge in [0.25, 0.3) is 5.91 Å². The molecule has 1 amide bonds. The molecule has 0 aliphatic rings. The van der Waals surface area contributed by atoms with Gasteiger partial charge in [0.15, 0.2) is 5.82 Å². The quantitative estimate of drug-likeness (QED) is 0.905. The number of halogens is 1. The summed E-state index contributed by atoms with van der Waals surface area (Å²) in [5.74, 6) is -2.25. The standard InChI is InChI=1S/C13H17FN2O3/c1-13(2,3)16(7-5-11(17)18)12(19)9-4-6-15-8-10(9)14/h4,6,8H,5,7H2,1-3H3,(H,17,18). The first-order valence-corrected chi connectivity index (χ1v) is 5.86. The van der Waals surface area contributed by atoms with Crippen molar-refractivity contribution in [2.75, 3.05) is 6.54 Å². The summed E-state index contributed by atoms with van der Waals surface area (Å²) in [7, 11) is 0. The first-order chi connectivity index (χ1) is 8.73. The molecule has 1 N–H and O–H groups in total. The van der Waals surface area contributed by atoms with Gasteiger partial charge < -0.3 is 10.0 Å². The van der Waals surface area contributed by atoms with Crippen molar-refractivity contribution in [1.29, 1.82) is 0 Å². The largest absolute Gasteiger partial charge is 0.481 e. The molecule has 1 heterocycles. The lowest BCUT2D eigenvalue weighted by atomic mass is 10.0. The average molecular weight is 268 g/mol. The minimum Gasteiger partial charge on any atom is -0.481 e. The number of hydrogen-bond donors (Lipinski definition) is 1. The molecule has 0 saturated heterocycles. The maximum absolute atomic E-state index is 13.6. The van der Waals surface area contributed by atoms with Gasteiger partial charge >= 0.3 is 5.97 Å². The molecule has 0 spiro atoms. The number of aromatic nitrogens is 1. The van der Waals surface area contributed by atoms with Crippen LogP contribution in [0.25, 0.3) is 0 Å². The predicted molar refractivity (Wildman–Crippen MR) is 67.2 cm³/mol. The van der Waals surface area contributed by atoms with Gasteiger partial charge in [0.2, 0.25) is 0 Å². The fraction of sp³-hybridized carbons (Fsp3) is 0.462. The molecule has 1 aromatic heterocycles. The Bertz CT molecular complexity index is 483. The number of rotatable bonds is 4. The van der Waals surface area contributed by atoms with E-state index in [2.05, 4.69) is 4.98 Å². The van der Waals surface area contributed by atoms with Crippen LogP contribution in [0.5, 0.6) is 0 Å². The van der Waals surface area contributed by atoms with E-state index in [-0.39, 0.29) is 18.5 Å². The van der Waals surface area contributed by atoms with E-state index in [1.54, 1.807) is 20.8 Å². The summed E-state index contributed by atoms with van der Waals surface area (Å²) >= 11 is 0. The summed E-state index contributed by atoms with van der Waals surface area (Å²) in [5, 5.41) is 8.71. The van der Waals surface area contributed by atoms with Gasteiger partial charge in [-0.15, -0.1) is 0 Å². The molecule has 0 aliphatic carbocycles. The Morgan fingerprint density at radius 3 is 2.53 bits per heavy atom. The Balaban J connectivity index is 3.02. The Kier molecular flexibility index (Phi) is 4.58. The minimum absolute atomic E-state index is 0.0272. The summed E-state index contributed by atoms with van der Waals surface area (Å²) in [6, 6.07) is 1.29. The van der Waals surface area contributed by atoms with Gasteiger partial charge in [0.05, 0.1) is 18.2 Å². The molecule has 1 rings (SSSR count). The van der Waals surface area contributed by atoms with Crippen LogP contribution in [0.15, 0.2) is 18.5 Å². The molecule has 0 fully saturated rings. The highest BCUT2D eigenvalue weighted by Crippen LogP contribution is 2.19. The Labute approximate surface area is 111 Å². The Hall–Kier alpha value is -1.98. The minimum atomic E-state index is -1.00. The highest BCUT2D eigenvalue weighted by molar-refractivity contribution is 5.95. The van der Waals surface area contributed by atoms with Crippen LogP contribution >= 0.6 is 0 Å². The zero-order valence-electron chi connectivity index (χ0n) is 11.2. The molecule has 0 bridgehead atoms. The van der Waals surface area contributed by atoms with Crippen molar-refractivity contribution in [3.05, 3.63) is 29.8 Å². The lowest BCUT2D eigenvalue weighted by Gasteiger charge is -2.35. The number of carboxylic acid groups (broad SMARTS) is 1. The van der Waals surface area contributed by atoms with Gasteiger partial charge in [-0.05, 0) is 26.8 Å². The first kappa shape index (κ1) is 15.1. The molecule has 0 aromatic carbocycles. The summed E-state index contributed by atoms with van der Waals surface area (Å²) < 4.78 is 13.6. The topological polar surface area (TPSA) is 70.5 Å². The van der Waals surface area contributed by atoms with Gasteiger partial charge in [-0.1, -0.05) is 0 Å². The molecule has 5 nitrogen and oxygen atoms in total. The van der Waals surface area contributed by atoms with Crippen LogP contribution in [-0.2, 0) is 4.79 Å². The molecule has 0 saturated carbocycles. The van der Waals surface area contributed by atoms with E-state index in [1.807, 2.05) is 0 Å². The van der Waals surface area contributed by atoms with Crippen molar-refractivity contribution in [3.8, 4) is 0 Å². The second-order valence-corrected chi connectivity index (χ2v) is 5.13. The maximum atomic E-state index is 13.6. The number of amides is 1. The summed E-state index contributed by atoms with van der Waals surface area (Å²) in [4.78, 5) is 27.9. The number of carbonyl (C=O) groups excluding carboxylic acids is 1. The van der Waals surface area contributed by atoms with E-state index in [9.17, 15) is 14.0 Å². The summed E-state index contributed by atoms with van der Waals surface area (Å²) in [6.07, 6.45) is 2.11. The zero-order valence-corrected chi connectivity index (χ0v) is 11.2. The van der Waals surface area contributed by atoms with E-state index in [1.165, 1.54) is 17.2 Å². The number of carbonyl (C=O) groups is 2. The van der Waals surface area contributed by atoms with Crippen LogP contribution < -0.4 is 0 Å². The van der Waals surface area contributed by atoms with Crippen LogP contribution in [0.1, 0.15) is 37.6 Å². The summed E-state index contributed by atoms with van der Waals surface area (Å²) in [5.41, 5.74) is -0.697. The maximum Gasteiger partial charge on any atom is 0.305 e. The molecule has 6 heteroatoms. The summed E-state index contributed by atoms with van der Waals surface area (Å²) in [6.45, 7) is 5.34. The third-order valence-corrected chi connectivity index (χ3v) is 2.61. The monoisotopic (exact) mass is 268 g/mol. The van der Waals surface area contributed by atoms with Gasteiger partial charge in [0.1, 0.15) is 0 Å². The molecule has 1 aromatic rings. The van der Waals surface area contributed by atoms with E-state index >= 15 is 0 Å². The van der Waals surface area contributed by atoms with Crippen LogP contribution in [0, 0.1) is 5.82 Å². The number of pyridine rings is 1. The normalized spacial score (nSPS) is 11.2. The average Bonchev–Trinajstić information content (AvgIpc) is 2.27. The van der Waals surface area contributed by atoms with Crippen molar-refractivity contribution in [2.24, 2.45) is 0 Å². The van der Waals surface area contributed by atoms with E-state index < -0.39 is 23.2 Å². The third-order valence-electron chi connectivity index (χ3n) is 2.61. The fourth-order valence-electron chi connectivity index (χ4n) is 1.64. The van der Waals surface area contributed by atoms with Gasteiger partial charge in [-0.2, -0.15) is 0 Å². The van der Waals surface area contributed by atoms with Crippen molar-refractivity contribution in [3.63, 3.8) is 0 Å². The molecule has 104 valence electrons. The molecule has 0 unspecified atom stereocenters. The molecule has 0 atom stereocenters. The third kappa shape index (κ3) is 4.01. The van der Waals surface area contributed by atoms with E-state index in [0.717, 1.165) is 6.20 Å². The highest BCUT2D eigenvalue weighted by atomic mass is 19.1. The van der Waals surface area contributed by atoms with Gasteiger partial charge in [0, 0.05) is 18.3 Å². The molecule has 0 radical (unpaired) electrons. The van der Waals surface area contributed by atoms with Gasteiger partial charge in [-0.3, -0.25) is 14.6 Å². The molecular weight excluding hydrogens is 251 g/mol. The second kappa shape index (κ2) is 5.77. The molecule has 0 aliphatic heterocycles. The molecule has 19 heavy (non-hydrogen) atoms. The van der Waals surface area contributed by atoms with Crippen LogP contribution in [0.2, 0.25) is 0 Å². The number of hydrogen-bond acceptors (Lipinski definition) is 3. The van der Waals surface area contributed by atoms with E-state index in [4.69, 9.17) is 5.11 Å². The van der Waals surface area contributed by atoms with Crippen LogP contribution in [0.4, 0.5) is 4.39 Å². The molecular formula is C13H17FN2O3. The lowest BCUT2D eigenvalue weighted by Crippen LogP contribution is -2.46. The fourth-order valence-corrected chi connectivity index (χ4v) is 1.64. The lowest BCUT2D eigenvalue weighted by molar-refractivity contribution is -0.137. The van der Waals surface area contributed by atoms with E-state index in [0.29, 0.717) is 0 Å². The Morgan fingerprint density at radius 2 is 2.05 bits per heavy atom. The number of aliphatic carboxylic acids is 1. The van der Waals surface area contributed by atoms with Crippen molar-refractivity contribution in [1.82, 2.24) is 9.88 Å². The van der Waals surface area contributed by atoms with Crippen molar-refractivity contribution < 1.29 is 19.1 Å². The van der Waals surface area contributed by atoms with Crippen LogP contribution in [0.3, 0.4) is 0 Å². The Morgan fingerprint density at radius 1 is 1.42 bits per heavy atom. The highest BCUT2D eigenvalue weighted by Gasteiger charge is 2.29. The first-order valence-electron chi connectivity index (χ1n) is 5.86. The number of nitrogens with zero attached hydrogens (tertiary/aromatic N) is 2. The smallest absolute Gasteiger partial charge is 0.305 e. The van der Waals surface area contributed by atoms with Crippen LogP contribution in [-0.4, -0.2) is 39.0 Å². The second-order valence-electron chi connectivity index (χ2n) is 5.13. The SMILES string of the molecule is CC(C)(C)N(CCC(=O)O)C(=O)c1ccncc1F. The predicted octanol–water partition coefficient (Wildman–Crippen LogP) is 1.94. The van der Waals surface area contributed by atoms with Crippen molar-refractivity contribution >= 4 is 11.9 Å².